The smallest absolute Gasteiger partial charge is 0.194 e. The third-order valence-corrected chi connectivity index (χ3v) is 2.62. The van der Waals surface area contributed by atoms with E-state index in [0.717, 1.165) is 12.0 Å². The molecule has 0 amide bonds. The molecular formula is C12H15N5S. The van der Waals surface area contributed by atoms with Crippen molar-refractivity contribution in [1.82, 2.24) is 15.2 Å². The molecular weight excluding hydrogens is 246 g/mol. The lowest BCUT2D eigenvalue weighted by Crippen LogP contribution is -2.47. The molecule has 1 rings (SSSR count). The minimum absolute atomic E-state index is 0.0985. The Kier molecular flexibility index (Phi) is 5.61. The zero-order valence-corrected chi connectivity index (χ0v) is 10.7. The minimum atomic E-state index is -0.0985. The van der Waals surface area contributed by atoms with Crippen molar-refractivity contribution < 1.29 is 0 Å². The minimum Gasteiger partial charge on any atom is -0.370 e. The number of thiocarbonyl (C=S) groups is 1. The summed E-state index contributed by atoms with van der Waals surface area (Å²) >= 11 is 5.12. The van der Waals surface area contributed by atoms with Crippen LogP contribution in [0, 0.1) is 17.8 Å². The van der Waals surface area contributed by atoms with Crippen LogP contribution in [-0.2, 0) is 6.42 Å². The van der Waals surface area contributed by atoms with Gasteiger partial charge in [-0.3, -0.25) is 15.3 Å². The Labute approximate surface area is 112 Å². The van der Waals surface area contributed by atoms with E-state index in [9.17, 15) is 0 Å². The second-order valence-electron chi connectivity index (χ2n) is 3.51. The molecule has 0 atom stereocenters. The fourth-order valence-corrected chi connectivity index (χ4v) is 1.61. The van der Waals surface area contributed by atoms with Crippen LogP contribution >= 0.6 is 12.2 Å². The molecule has 0 aliphatic heterocycles. The first-order valence-electron chi connectivity index (χ1n) is 5.37. The van der Waals surface area contributed by atoms with Crippen molar-refractivity contribution in [2.24, 2.45) is 5.73 Å². The van der Waals surface area contributed by atoms with Crippen LogP contribution in [0.4, 0.5) is 0 Å². The van der Waals surface area contributed by atoms with E-state index in [4.69, 9.17) is 29.8 Å². The highest BCUT2D eigenvalue weighted by Crippen LogP contribution is 2.00. The fourth-order valence-electron chi connectivity index (χ4n) is 1.34. The number of hydrogen-bond acceptors (Lipinski definition) is 3. The molecule has 4 N–H and O–H groups in total. The van der Waals surface area contributed by atoms with Gasteiger partial charge in [0.15, 0.2) is 11.1 Å². The summed E-state index contributed by atoms with van der Waals surface area (Å²) in [6.07, 6.45) is 9.31. The van der Waals surface area contributed by atoms with Crippen LogP contribution in [0.3, 0.4) is 0 Å². The number of terminal acetylenes is 1. The van der Waals surface area contributed by atoms with Crippen LogP contribution in [0.25, 0.3) is 0 Å². The average Bonchev–Trinajstić information content (AvgIpc) is 2.37. The lowest BCUT2D eigenvalue weighted by atomic mass is 10.2. The van der Waals surface area contributed by atoms with Gasteiger partial charge in [-0.25, -0.2) is 0 Å². The number of nitrogens with two attached hydrogens (primary N) is 1. The molecule has 0 spiro atoms. The molecule has 1 heterocycles. The highest BCUT2D eigenvalue weighted by molar-refractivity contribution is 7.80. The van der Waals surface area contributed by atoms with Gasteiger partial charge in [0.1, 0.15) is 0 Å². The highest BCUT2D eigenvalue weighted by atomic mass is 32.1. The molecule has 5 nitrogen and oxygen atoms in total. The molecule has 0 aliphatic carbocycles. The molecule has 0 saturated heterocycles. The van der Waals surface area contributed by atoms with Gasteiger partial charge < -0.3 is 11.1 Å². The van der Waals surface area contributed by atoms with Gasteiger partial charge in [0.25, 0.3) is 0 Å². The summed E-state index contributed by atoms with van der Waals surface area (Å²) in [4.78, 5) is 5.45. The van der Waals surface area contributed by atoms with Crippen LogP contribution < -0.4 is 11.1 Å². The maximum Gasteiger partial charge on any atom is 0.194 e. The van der Waals surface area contributed by atoms with Crippen molar-refractivity contribution >= 4 is 23.3 Å². The van der Waals surface area contributed by atoms with Gasteiger partial charge in [-0.15, -0.1) is 6.42 Å². The number of rotatable bonds is 4. The summed E-state index contributed by atoms with van der Waals surface area (Å²) in [7, 11) is 0. The standard InChI is InChI=1S/C12H15N5S/c1-2-6-16-12(18)17(11(13)14)9-5-10-3-7-15-8-4-10/h1,3-4,7-8H,5-6,9H2,(H3,13,14)(H,16,18). The van der Waals surface area contributed by atoms with Crippen molar-refractivity contribution in [3.63, 3.8) is 0 Å². The Bertz CT molecular complexity index is 451. The summed E-state index contributed by atoms with van der Waals surface area (Å²) in [6.45, 7) is 0.841. The molecule has 0 fully saturated rings. The number of guanidine groups is 1. The van der Waals surface area contributed by atoms with Crippen molar-refractivity contribution in [3.8, 4) is 12.3 Å². The zero-order valence-electron chi connectivity index (χ0n) is 9.89. The Morgan fingerprint density at radius 1 is 1.56 bits per heavy atom. The van der Waals surface area contributed by atoms with Crippen molar-refractivity contribution in [3.05, 3.63) is 30.1 Å². The molecule has 6 heteroatoms. The predicted octanol–water partition coefficient (Wildman–Crippen LogP) is 0.327. The van der Waals surface area contributed by atoms with Gasteiger partial charge in [-0.1, -0.05) is 5.92 Å². The van der Waals surface area contributed by atoms with E-state index in [1.54, 1.807) is 12.4 Å². The lowest BCUT2D eigenvalue weighted by Gasteiger charge is -2.23. The second kappa shape index (κ2) is 7.25. The average molecular weight is 261 g/mol. The molecule has 0 aromatic carbocycles. The van der Waals surface area contributed by atoms with E-state index in [0.29, 0.717) is 18.2 Å². The predicted molar refractivity (Wildman–Crippen MR) is 76.0 cm³/mol. The van der Waals surface area contributed by atoms with Gasteiger partial charge in [-0.05, 0) is 36.3 Å². The number of aromatic nitrogens is 1. The summed E-state index contributed by atoms with van der Waals surface area (Å²) in [6, 6.07) is 3.83. The fraction of sp³-hybridized carbons (Fsp3) is 0.250. The lowest BCUT2D eigenvalue weighted by molar-refractivity contribution is 0.584. The normalized spacial score (nSPS) is 9.28. The maximum absolute atomic E-state index is 7.50. The van der Waals surface area contributed by atoms with E-state index in [2.05, 4.69) is 16.2 Å². The third-order valence-electron chi connectivity index (χ3n) is 2.25. The van der Waals surface area contributed by atoms with E-state index < -0.39 is 0 Å². The zero-order chi connectivity index (χ0) is 13.4. The SMILES string of the molecule is C#CCNC(=S)N(CCc1ccncc1)C(=N)N. The first-order valence-corrected chi connectivity index (χ1v) is 5.77. The van der Waals surface area contributed by atoms with E-state index >= 15 is 0 Å². The molecule has 0 unspecified atom stereocenters. The highest BCUT2D eigenvalue weighted by Gasteiger charge is 2.11. The third kappa shape index (κ3) is 4.39. The van der Waals surface area contributed by atoms with Crippen LogP contribution in [0.15, 0.2) is 24.5 Å². The molecule has 18 heavy (non-hydrogen) atoms. The Balaban J connectivity index is 2.56. The number of nitrogens with one attached hydrogen (secondary N) is 2. The van der Waals surface area contributed by atoms with Crippen LogP contribution in [0.1, 0.15) is 5.56 Å². The first kappa shape index (κ1) is 13.9. The molecule has 0 radical (unpaired) electrons. The summed E-state index contributed by atoms with van der Waals surface area (Å²) in [5.74, 6) is 2.32. The Morgan fingerprint density at radius 2 is 2.22 bits per heavy atom. The number of hydrogen-bond donors (Lipinski definition) is 3. The van der Waals surface area contributed by atoms with E-state index in [-0.39, 0.29) is 5.96 Å². The van der Waals surface area contributed by atoms with E-state index in [1.807, 2.05) is 12.1 Å². The van der Waals surface area contributed by atoms with Gasteiger partial charge in [0, 0.05) is 18.9 Å². The topological polar surface area (TPSA) is 78.0 Å². The Hall–Kier alpha value is -2.13. The van der Waals surface area contributed by atoms with Gasteiger partial charge in [0.05, 0.1) is 6.54 Å². The van der Waals surface area contributed by atoms with Gasteiger partial charge >= 0.3 is 0 Å². The maximum atomic E-state index is 7.50. The quantitative estimate of drug-likeness (QED) is 0.315. The van der Waals surface area contributed by atoms with Crippen LogP contribution in [0.2, 0.25) is 0 Å². The van der Waals surface area contributed by atoms with Crippen LogP contribution in [-0.4, -0.2) is 34.0 Å². The first-order chi connectivity index (χ1) is 8.65. The van der Waals surface area contributed by atoms with Gasteiger partial charge in [0.2, 0.25) is 0 Å². The van der Waals surface area contributed by atoms with Gasteiger partial charge in [-0.2, -0.15) is 0 Å². The van der Waals surface area contributed by atoms with E-state index in [1.165, 1.54) is 4.90 Å². The number of pyridine rings is 1. The molecule has 0 aliphatic rings. The monoisotopic (exact) mass is 261 g/mol. The molecule has 94 valence electrons. The second-order valence-corrected chi connectivity index (χ2v) is 3.89. The summed E-state index contributed by atoms with van der Waals surface area (Å²) in [5, 5.41) is 10.7. The molecule has 0 saturated carbocycles. The summed E-state index contributed by atoms with van der Waals surface area (Å²) in [5.41, 5.74) is 6.60. The van der Waals surface area contributed by atoms with Crippen LogP contribution in [0.5, 0.6) is 0 Å². The number of nitrogens with zero attached hydrogens (tertiary/aromatic N) is 2. The Morgan fingerprint density at radius 3 is 2.78 bits per heavy atom. The van der Waals surface area contributed by atoms with Crippen molar-refractivity contribution in [1.29, 1.82) is 5.41 Å². The summed E-state index contributed by atoms with van der Waals surface area (Å²) < 4.78 is 0. The molecule has 1 aromatic rings. The van der Waals surface area contributed by atoms with Crippen molar-refractivity contribution in [2.45, 2.75) is 6.42 Å². The van der Waals surface area contributed by atoms with Crippen molar-refractivity contribution in [2.75, 3.05) is 13.1 Å². The largest absolute Gasteiger partial charge is 0.370 e. The molecule has 1 aromatic heterocycles. The molecule has 0 bridgehead atoms.